The molecule has 2 aliphatic rings. The number of hydrogen-bond acceptors (Lipinski definition) is 4. The Labute approximate surface area is 168 Å². The summed E-state index contributed by atoms with van der Waals surface area (Å²) in [5.41, 5.74) is 8.04. The van der Waals surface area contributed by atoms with E-state index in [4.69, 9.17) is 17.3 Å². The van der Waals surface area contributed by atoms with E-state index in [1.165, 1.54) is 13.1 Å². The number of fused-ring (bicyclic) bond motifs is 1. The van der Waals surface area contributed by atoms with Gasteiger partial charge in [0.25, 0.3) is 0 Å². The summed E-state index contributed by atoms with van der Waals surface area (Å²) in [6, 6.07) is 12.7. The molecular weight excluding hydrogens is 401 g/mol. The molecule has 0 radical (unpaired) electrons. The van der Waals surface area contributed by atoms with Gasteiger partial charge in [0.15, 0.2) is 0 Å². The Bertz CT molecular complexity index is 1150. The SMILES string of the molecule is CN1C(N)=N[C@](C)(c2cc3c(cc2F)C(Cl)=C(c2ccccc2)C3)CS1(=O)=O. The Morgan fingerprint density at radius 3 is 2.57 bits per heavy atom. The lowest BCUT2D eigenvalue weighted by molar-refractivity contribution is 0.457. The quantitative estimate of drug-likeness (QED) is 0.811. The summed E-state index contributed by atoms with van der Waals surface area (Å²) in [5.74, 6) is -1.07. The number of rotatable bonds is 2. The van der Waals surface area contributed by atoms with E-state index >= 15 is 4.39 Å². The predicted molar refractivity (Wildman–Crippen MR) is 110 cm³/mol. The number of guanidine groups is 1. The number of allylic oxidation sites excluding steroid dienone is 1. The van der Waals surface area contributed by atoms with E-state index in [0.29, 0.717) is 17.0 Å². The van der Waals surface area contributed by atoms with Crippen molar-refractivity contribution in [2.75, 3.05) is 12.8 Å². The molecule has 28 heavy (non-hydrogen) atoms. The average Bonchev–Trinajstić information content (AvgIpc) is 2.95. The zero-order chi connectivity index (χ0) is 20.3. The number of aliphatic imine (C=N–C) groups is 1. The van der Waals surface area contributed by atoms with Crippen LogP contribution in [0.4, 0.5) is 4.39 Å². The highest BCUT2D eigenvalue weighted by molar-refractivity contribution is 7.89. The standard InChI is InChI=1S/C20H19ClFN3O2S/c1-20(11-28(26,27)25(2)19(23)24-20)16-9-13-8-14(12-6-4-3-5-7-12)18(21)15(13)10-17(16)22/h3-7,9-10H,8,11H2,1-2H3,(H2,23,24)/t20-/m0/s1. The zero-order valence-corrected chi connectivity index (χ0v) is 17.0. The van der Waals surface area contributed by atoms with Gasteiger partial charge in [-0.25, -0.2) is 22.1 Å². The van der Waals surface area contributed by atoms with E-state index in [1.54, 1.807) is 13.0 Å². The van der Waals surface area contributed by atoms with Crippen molar-refractivity contribution < 1.29 is 12.8 Å². The third kappa shape index (κ3) is 2.89. The van der Waals surface area contributed by atoms with Crippen LogP contribution in [0.2, 0.25) is 0 Å². The third-order valence-electron chi connectivity index (χ3n) is 5.33. The minimum absolute atomic E-state index is 0.158. The second-order valence-electron chi connectivity index (χ2n) is 7.29. The van der Waals surface area contributed by atoms with Crippen molar-refractivity contribution in [1.29, 1.82) is 0 Å². The van der Waals surface area contributed by atoms with Gasteiger partial charge in [0, 0.05) is 19.0 Å². The van der Waals surface area contributed by atoms with Gasteiger partial charge < -0.3 is 5.73 Å². The molecule has 4 rings (SSSR count). The number of benzene rings is 2. The van der Waals surface area contributed by atoms with E-state index in [0.717, 1.165) is 21.0 Å². The van der Waals surface area contributed by atoms with Crippen molar-refractivity contribution in [3.05, 3.63) is 70.5 Å². The first-order valence-corrected chi connectivity index (χ1v) is 10.7. The summed E-state index contributed by atoms with van der Waals surface area (Å²) in [5, 5.41) is 0.510. The van der Waals surface area contributed by atoms with E-state index in [-0.39, 0.29) is 17.3 Å². The summed E-state index contributed by atoms with van der Waals surface area (Å²) in [7, 11) is -2.35. The van der Waals surface area contributed by atoms with Gasteiger partial charge in [0.2, 0.25) is 16.0 Å². The normalized spacial score (nSPS) is 23.6. The Kier molecular flexibility index (Phi) is 4.28. The number of nitrogens with two attached hydrogens (primary N) is 1. The molecule has 1 aliphatic heterocycles. The molecule has 2 N–H and O–H groups in total. The summed E-state index contributed by atoms with van der Waals surface area (Å²) < 4.78 is 40.8. The van der Waals surface area contributed by atoms with E-state index in [1.807, 2.05) is 30.3 Å². The Hall–Kier alpha value is -2.38. The molecule has 0 amide bonds. The molecule has 0 fully saturated rings. The molecule has 1 atom stereocenters. The van der Waals surface area contributed by atoms with Crippen molar-refractivity contribution in [3.8, 4) is 0 Å². The number of nitrogens with zero attached hydrogens (tertiary/aromatic N) is 2. The van der Waals surface area contributed by atoms with Crippen LogP contribution in [0.5, 0.6) is 0 Å². The van der Waals surface area contributed by atoms with Gasteiger partial charge in [-0.1, -0.05) is 41.9 Å². The van der Waals surface area contributed by atoms with E-state index in [9.17, 15) is 8.42 Å². The largest absolute Gasteiger partial charge is 0.369 e. The molecule has 146 valence electrons. The topological polar surface area (TPSA) is 75.8 Å². The molecule has 2 aromatic rings. The number of sulfonamides is 1. The Morgan fingerprint density at radius 1 is 1.25 bits per heavy atom. The second kappa shape index (κ2) is 6.32. The Balaban J connectivity index is 1.80. The molecule has 0 saturated heterocycles. The second-order valence-corrected chi connectivity index (χ2v) is 9.67. The van der Waals surface area contributed by atoms with E-state index < -0.39 is 21.4 Å². The van der Waals surface area contributed by atoms with Crippen LogP contribution in [-0.2, 0) is 22.0 Å². The lowest BCUT2D eigenvalue weighted by atomic mass is 9.91. The van der Waals surface area contributed by atoms with Gasteiger partial charge in [0.05, 0.1) is 10.8 Å². The molecule has 0 bridgehead atoms. The fourth-order valence-corrected chi connectivity index (χ4v) is 5.57. The van der Waals surface area contributed by atoms with Crippen molar-refractivity contribution in [1.82, 2.24) is 4.31 Å². The highest BCUT2D eigenvalue weighted by Gasteiger charge is 2.42. The van der Waals surface area contributed by atoms with Crippen LogP contribution in [-0.4, -0.2) is 31.5 Å². The number of hydrogen-bond donors (Lipinski definition) is 1. The van der Waals surface area contributed by atoms with Crippen LogP contribution in [0, 0.1) is 5.82 Å². The summed E-state index contributed by atoms with van der Waals surface area (Å²) in [4.78, 5) is 4.30. The van der Waals surface area contributed by atoms with Crippen LogP contribution in [0.3, 0.4) is 0 Å². The van der Waals surface area contributed by atoms with Crippen LogP contribution >= 0.6 is 11.6 Å². The molecule has 1 heterocycles. The zero-order valence-electron chi connectivity index (χ0n) is 15.4. The van der Waals surface area contributed by atoms with Crippen molar-refractivity contribution in [2.24, 2.45) is 10.7 Å². The first kappa shape index (κ1) is 19.0. The highest BCUT2D eigenvalue weighted by Crippen LogP contribution is 2.44. The van der Waals surface area contributed by atoms with Crippen LogP contribution in [0.1, 0.15) is 29.2 Å². The molecule has 8 heteroatoms. The van der Waals surface area contributed by atoms with Crippen molar-refractivity contribution in [2.45, 2.75) is 18.9 Å². The highest BCUT2D eigenvalue weighted by atomic mass is 35.5. The minimum Gasteiger partial charge on any atom is -0.369 e. The van der Waals surface area contributed by atoms with Gasteiger partial charge in [-0.3, -0.25) is 0 Å². The molecule has 0 aromatic heterocycles. The lowest BCUT2D eigenvalue weighted by Crippen LogP contribution is -2.50. The predicted octanol–water partition coefficient (Wildman–Crippen LogP) is 3.29. The number of halogens is 2. The molecule has 1 aliphatic carbocycles. The smallest absolute Gasteiger partial charge is 0.239 e. The maximum Gasteiger partial charge on any atom is 0.239 e. The van der Waals surface area contributed by atoms with Gasteiger partial charge in [-0.05, 0) is 41.3 Å². The molecule has 0 saturated carbocycles. The van der Waals surface area contributed by atoms with Gasteiger partial charge >= 0.3 is 0 Å². The summed E-state index contributed by atoms with van der Waals surface area (Å²) >= 11 is 6.54. The fraction of sp³-hybridized carbons (Fsp3) is 0.250. The maximum atomic E-state index is 15.1. The van der Waals surface area contributed by atoms with Crippen molar-refractivity contribution >= 4 is 38.2 Å². The monoisotopic (exact) mass is 419 g/mol. The lowest BCUT2D eigenvalue weighted by Gasteiger charge is -2.34. The fourth-order valence-electron chi connectivity index (χ4n) is 3.77. The molecule has 2 aromatic carbocycles. The van der Waals surface area contributed by atoms with Gasteiger partial charge in [0.1, 0.15) is 11.4 Å². The summed E-state index contributed by atoms with van der Waals surface area (Å²) in [6.45, 7) is 1.58. The Morgan fingerprint density at radius 2 is 1.93 bits per heavy atom. The first-order chi connectivity index (χ1) is 13.1. The molecule has 0 unspecified atom stereocenters. The van der Waals surface area contributed by atoms with Crippen molar-refractivity contribution in [3.63, 3.8) is 0 Å². The molecular formula is C20H19ClFN3O2S. The van der Waals surface area contributed by atoms with Gasteiger partial charge in [-0.2, -0.15) is 0 Å². The van der Waals surface area contributed by atoms with Crippen LogP contribution in [0.25, 0.3) is 10.6 Å². The third-order valence-corrected chi connectivity index (χ3v) is 7.71. The van der Waals surface area contributed by atoms with Crippen LogP contribution in [0.15, 0.2) is 47.5 Å². The molecule has 0 spiro atoms. The van der Waals surface area contributed by atoms with Crippen LogP contribution < -0.4 is 5.73 Å². The minimum atomic E-state index is -3.69. The maximum absolute atomic E-state index is 15.1. The van der Waals surface area contributed by atoms with E-state index in [2.05, 4.69) is 4.99 Å². The average molecular weight is 420 g/mol. The molecule has 5 nitrogen and oxygen atoms in total. The van der Waals surface area contributed by atoms with Gasteiger partial charge in [-0.15, -0.1) is 0 Å². The summed E-state index contributed by atoms with van der Waals surface area (Å²) in [6.07, 6.45) is 0.535. The first-order valence-electron chi connectivity index (χ1n) is 8.72.